The smallest absolute Gasteiger partial charge is 0.197 e. The highest BCUT2D eigenvalue weighted by Gasteiger charge is 2.35. The zero-order valence-electron chi connectivity index (χ0n) is 14.6. The molecular weight excluding hydrogens is 255 g/mol. The molecule has 0 radical (unpaired) electrons. The van der Waals surface area contributed by atoms with Crippen molar-refractivity contribution in [3.63, 3.8) is 0 Å². The maximum absolute atomic E-state index is 5.87. The summed E-state index contributed by atoms with van der Waals surface area (Å²) in [6.45, 7) is 4.43. The van der Waals surface area contributed by atoms with Gasteiger partial charge in [0, 0.05) is 0 Å². The third kappa shape index (κ3) is 3.68. The zero-order chi connectivity index (χ0) is 16.1. The van der Waals surface area contributed by atoms with Gasteiger partial charge in [-0.25, -0.2) is 0 Å². The van der Waals surface area contributed by atoms with E-state index < -0.39 is 5.59 Å². The van der Waals surface area contributed by atoms with Crippen LogP contribution in [0.5, 0.6) is 11.5 Å². The van der Waals surface area contributed by atoms with Gasteiger partial charge in [0.15, 0.2) is 32.8 Å². The van der Waals surface area contributed by atoms with E-state index >= 15 is 0 Å². The van der Waals surface area contributed by atoms with Gasteiger partial charge in [0.2, 0.25) is 0 Å². The molecule has 2 rings (SSSR count). The van der Waals surface area contributed by atoms with Gasteiger partial charge >= 0.3 is 0 Å². The van der Waals surface area contributed by atoms with Gasteiger partial charge in [-0.05, 0) is 28.7 Å². The largest absolute Gasteiger partial charge is 0.467 e. The summed E-state index contributed by atoms with van der Waals surface area (Å²) in [7, 11) is 12.8. The molecule has 0 fully saturated rings. The Bertz CT molecular complexity index is 543. The second kappa shape index (κ2) is 5.12. The van der Waals surface area contributed by atoms with Crippen LogP contribution in [-0.2, 0) is 5.21 Å². The average molecular weight is 278 g/mol. The second-order valence-corrected chi connectivity index (χ2v) is 8.10. The third-order valence-corrected chi connectivity index (χ3v) is 4.13. The third-order valence-electron chi connectivity index (χ3n) is 4.13. The standard InChI is InChI=1S/C12H23B6NO2/c1-6(19-10(2,13)14)11(15,16)7-3-4-8-9(5-7)21-12(17,18)20-8/h3-6,19H,13-18H2,1-2H3/t6-/m1/s1. The highest BCUT2D eigenvalue weighted by molar-refractivity contribution is 6.42. The van der Waals surface area contributed by atoms with Crippen molar-refractivity contribution in [1.82, 2.24) is 5.32 Å². The molecule has 106 valence electrons. The fourth-order valence-electron chi connectivity index (χ4n) is 2.70. The molecule has 0 aliphatic carbocycles. The van der Waals surface area contributed by atoms with E-state index in [1.54, 1.807) is 0 Å². The molecule has 1 aliphatic rings. The topological polar surface area (TPSA) is 30.5 Å². The number of benzene rings is 1. The zero-order valence-corrected chi connectivity index (χ0v) is 14.6. The van der Waals surface area contributed by atoms with Crippen molar-refractivity contribution in [3.05, 3.63) is 23.8 Å². The van der Waals surface area contributed by atoms with Gasteiger partial charge in [-0.1, -0.05) is 25.5 Å². The van der Waals surface area contributed by atoms with Crippen molar-refractivity contribution in [1.29, 1.82) is 0 Å². The van der Waals surface area contributed by atoms with Crippen LogP contribution in [0.25, 0.3) is 0 Å². The van der Waals surface area contributed by atoms with Crippen molar-refractivity contribution in [2.75, 3.05) is 0 Å². The van der Waals surface area contributed by atoms with Gasteiger partial charge in [-0.15, -0.1) is 0 Å². The molecule has 1 aromatic rings. The number of rotatable bonds is 4. The van der Waals surface area contributed by atoms with Crippen LogP contribution in [0, 0.1) is 0 Å². The molecule has 1 heterocycles. The molecule has 1 N–H and O–H groups in total. The molecule has 0 amide bonds. The van der Waals surface area contributed by atoms with Crippen LogP contribution in [0.2, 0.25) is 0 Å². The molecule has 0 saturated heterocycles. The Morgan fingerprint density at radius 2 is 1.67 bits per heavy atom. The lowest BCUT2D eigenvalue weighted by molar-refractivity contribution is 0.0833. The Hall–Kier alpha value is -0.830. The van der Waals surface area contributed by atoms with Gasteiger partial charge in [0.1, 0.15) is 31.4 Å². The first-order valence-corrected chi connectivity index (χ1v) is 7.71. The maximum Gasteiger partial charge on any atom is 0.197 e. The van der Waals surface area contributed by atoms with Gasteiger partial charge < -0.3 is 14.8 Å². The highest BCUT2D eigenvalue weighted by Crippen LogP contribution is 2.39. The van der Waals surface area contributed by atoms with E-state index in [2.05, 4.69) is 62.7 Å². The molecule has 1 atom stereocenters. The average Bonchev–Trinajstić information content (AvgIpc) is 2.59. The van der Waals surface area contributed by atoms with E-state index in [1.165, 1.54) is 5.56 Å². The summed E-state index contributed by atoms with van der Waals surface area (Å²) in [6, 6.07) is 6.62. The Labute approximate surface area is 133 Å². The summed E-state index contributed by atoms with van der Waals surface area (Å²) >= 11 is 0. The molecule has 0 bridgehead atoms. The summed E-state index contributed by atoms with van der Waals surface area (Å²) in [5, 5.41) is 3.76. The fourth-order valence-corrected chi connectivity index (χ4v) is 2.70. The Balaban J connectivity index is 2.26. The summed E-state index contributed by atoms with van der Waals surface area (Å²) in [4.78, 5) is 0. The number of hydrogen-bond acceptors (Lipinski definition) is 3. The molecule has 0 aromatic heterocycles. The quantitative estimate of drug-likeness (QED) is 0.565. The Kier molecular flexibility index (Phi) is 4.03. The van der Waals surface area contributed by atoms with Crippen LogP contribution >= 0.6 is 0 Å². The lowest BCUT2D eigenvalue weighted by atomic mass is 9.47. The molecule has 0 spiro atoms. The first kappa shape index (κ1) is 16.5. The van der Waals surface area contributed by atoms with Gasteiger partial charge in [-0.3, -0.25) is 0 Å². The number of fused-ring (bicyclic) bond motifs is 1. The normalized spacial score (nSPS) is 18.4. The Morgan fingerprint density at radius 3 is 2.24 bits per heavy atom. The van der Waals surface area contributed by atoms with Crippen LogP contribution in [0.15, 0.2) is 18.2 Å². The van der Waals surface area contributed by atoms with Crippen LogP contribution in [-0.4, -0.2) is 64.0 Å². The minimum Gasteiger partial charge on any atom is -0.467 e. The molecule has 21 heavy (non-hydrogen) atoms. The molecule has 0 saturated carbocycles. The van der Waals surface area contributed by atoms with Crippen molar-refractivity contribution in [3.8, 4) is 11.5 Å². The lowest BCUT2D eigenvalue weighted by Gasteiger charge is -2.38. The van der Waals surface area contributed by atoms with Crippen molar-refractivity contribution in [2.24, 2.45) is 0 Å². The molecular formula is C12H23B6NO2. The molecule has 0 unspecified atom stereocenters. The van der Waals surface area contributed by atoms with Crippen LogP contribution in [0.3, 0.4) is 0 Å². The van der Waals surface area contributed by atoms with E-state index in [1.807, 2.05) is 21.8 Å². The monoisotopic (exact) mass is 279 g/mol. The second-order valence-electron chi connectivity index (χ2n) is 8.10. The van der Waals surface area contributed by atoms with E-state index in [9.17, 15) is 0 Å². The van der Waals surface area contributed by atoms with Gasteiger partial charge in [0.05, 0.1) is 0 Å². The fraction of sp³-hybridized carbons (Fsp3) is 0.500. The highest BCUT2D eigenvalue weighted by atomic mass is 16.7. The number of nitrogens with one attached hydrogen (secondary N) is 1. The van der Waals surface area contributed by atoms with Gasteiger partial charge in [0.25, 0.3) is 0 Å². The summed E-state index contributed by atoms with van der Waals surface area (Å²) in [5.41, 5.74) is 0.687. The summed E-state index contributed by atoms with van der Waals surface area (Å²) in [6.07, 6.45) is 0. The van der Waals surface area contributed by atoms with E-state index in [0.717, 1.165) is 11.5 Å². The minimum absolute atomic E-state index is 0.00158. The SMILES string of the molecule is BC(B)(C)N[C@H](C)C(B)(B)c1ccc2c(c1)OC(B)(B)O2. The molecule has 9 heteroatoms. The predicted octanol–water partition coefficient (Wildman–Crippen LogP) is -4.33. The van der Waals surface area contributed by atoms with Crippen LogP contribution in [0.1, 0.15) is 19.4 Å². The minimum atomic E-state index is -0.569. The van der Waals surface area contributed by atoms with E-state index in [0.29, 0.717) is 6.04 Å². The number of ether oxygens (including phenoxy) is 2. The van der Waals surface area contributed by atoms with Crippen molar-refractivity contribution < 1.29 is 9.47 Å². The van der Waals surface area contributed by atoms with Crippen molar-refractivity contribution >= 4 is 47.1 Å². The summed E-state index contributed by atoms with van der Waals surface area (Å²) < 4.78 is 11.6. The predicted molar refractivity (Wildman–Crippen MR) is 104 cm³/mol. The van der Waals surface area contributed by atoms with Crippen LogP contribution in [0.4, 0.5) is 0 Å². The maximum atomic E-state index is 5.87. The molecule has 1 aliphatic heterocycles. The first-order chi connectivity index (χ1) is 9.41. The first-order valence-electron chi connectivity index (χ1n) is 7.71. The van der Waals surface area contributed by atoms with Gasteiger partial charge in [-0.2, -0.15) is 0 Å². The van der Waals surface area contributed by atoms with Crippen molar-refractivity contribution in [2.45, 2.75) is 36.0 Å². The van der Waals surface area contributed by atoms with E-state index in [-0.39, 0.29) is 10.6 Å². The van der Waals surface area contributed by atoms with E-state index in [4.69, 9.17) is 9.47 Å². The summed E-state index contributed by atoms with van der Waals surface area (Å²) in [5.74, 6) is 1.67. The molecule has 1 aromatic carbocycles. The lowest BCUT2D eigenvalue weighted by Crippen LogP contribution is -2.57. The van der Waals surface area contributed by atoms with Crippen LogP contribution < -0.4 is 14.8 Å². The molecule has 3 nitrogen and oxygen atoms in total. The Morgan fingerprint density at radius 1 is 1.10 bits per heavy atom. The number of hydrogen-bond donors (Lipinski definition) is 1.